The highest BCUT2D eigenvalue weighted by atomic mass is 79.9. The molecule has 0 aliphatic heterocycles. The number of methoxy groups -OCH3 is 1. The average molecular weight is 437 g/mol. The molecule has 1 unspecified atom stereocenters. The van der Waals surface area contributed by atoms with Crippen LogP contribution in [0.2, 0.25) is 0 Å². The molecule has 138 valence electrons. The molecule has 0 fully saturated rings. The highest BCUT2D eigenvalue weighted by Gasteiger charge is 2.22. The molecular formula is C19H21BrN2O3S. The minimum absolute atomic E-state index is 0.257. The van der Waals surface area contributed by atoms with Crippen LogP contribution in [0, 0.1) is 0 Å². The fourth-order valence-electron chi connectivity index (χ4n) is 2.32. The topological polar surface area (TPSA) is 67.4 Å². The molecule has 0 aliphatic carbocycles. The van der Waals surface area contributed by atoms with Crippen molar-refractivity contribution in [3.05, 3.63) is 58.6 Å². The number of nitrogens with one attached hydrogen (secondary N) is 2. The maximum atomic E-state index is 12.7. The maximum absolute atomic E-state index is 12.7. The molecule has 2 aromatic rings. The van der Waals surface area contributed by atoms with Crippen LogP contribution in [0.15, 0.2) is 53.0 Å². The van der Waals surface area contributed by atoms with E-state index in [4.69, 9.17) is 4.74 Å². The molecule has 2 rings (SSSR count). The van der Waals surface area contributed by atoms with Crippen LogP contribution in [-0.4, -0.2) is 37.0 Å². The van der Waals surface area contributed by atoms with Gasteiger partial charge in [0.25, 0.3) is 5.91 Å². The second kappa shape index (κ2) is 10.2. The predicted molar refractivity (Wildman–Crippen MR) is 110 cm³/mol. The lowest BCUT2D eigenvalue weighted by Gasteiger charge is -2.19. The first-order valence-electron chi connectivity index (χ1n) is 8.04. The highest BCUT2D eigenvalue weighted by Crippen LogP contribution is 2.18. The smallest absolute Gasteiger partial charge is 0.253 e. The number of ether oxygens (including phenoxy) is 1. The van der Waals surface area contributed by atoms with Crippen LogP contribution in [0.4, 0.5) is 5.69 Å². The summed E-state index contributed by atoms with van der Waals surface area (Å²) in [5, 5.41) is 5.67. The van der Waals surface area contributed by atoms with E-state index in [9.17, 15) is 9.59 Å². The molecule has 0 bridgehead atoms. The van der Waals surface area contributed by atoms with Gasteiger partial charge in [-0.15, -0.1) is 0 Å². The Labute approximate surface area is 166 Å². The summed E-state index contributed by atoms with van der Waals surface area (Å²) in [5.74, 6) is 0.865. The number of carbonyl (C=O) groups excluding carboxylic acids is 2. The number of hydrogen-bond acceptors (Lipinski definition) is 4. The Morgan fingerprint density at radius 3 is 2.65 bits per heavy atom. The zero-order chi connectivity index (χ0) is 18.9. The summed E-state index contributed by atoms with van der Waals surface area (Å²) in [6.07, 6.45) is 2.50. The number of carbonyl (C=O) groups is 2. The van der Waals surface area contributed by atoms with Gasteiger partial charge in [0.2, 0.25) is 5.91 Å². The lowest BCUT2D eigenvalue weighted by atomic mass is 10.1. The fraction of sp³-hybridized carbons (Fsp3) is 0.263. The standard InChI is InChI=1S/C19H21BrN2O3S/c1-25-14-7-5-6-13(12-14)21-19(24)17(10-11-26-2)22-18(23)15-8-3-4-9-16(15)20/h3-9,12,17H,10-11H2,1-2H3,(H,21,24)(H,22,23). The van der Waals surface area contributed by atoms with Gasteiger partial charge in [-0.25, -0.2) is 0 Å². The predicted octanol–water partition coefficient (Wildman–Crippen LogP) is 3.95. The molecule has 26 heavy (non-hydrogen) atoms. The fourth-order valence-corrected chi connectivity index (χ4v) is 3.25. The van der Waals surface area contributed by atoms with Gasteiger partial charge < -0.3 is 15.4 Å². The van der Waals surface area contributed by atoms with Crippen molar-refractivity contribution in [3.63, 3.8) is 0 Å². The molecule has 0 heterocycles. The summed E-state index contributed by atoms with van der Waals surface area (Å²) >= 11 is 4.99. The molecule has 2 amide bonds. The molecule has 2 N–H and O–H groups in total. The largest absolute Gasteiger partial charge is 0.497 e. The summed E-state index contributed by atoms with van der Waals surface area (Å²) in [6, 6.07) is 13.6. The second-order valence-corrected chi connectivity index (χ2v) is 7.35. The SMILES string of the molecule is COc1cccc(NC(=O)C(CCSC)NC(=O)c2ccccc2Br)c1. The number of benzene rings is 2. The van der Waals surface area contributed by atoms with E-state index >= 15 is 0 Å². The highest BCUT2D eigenvalue weighted by molar-refractivity contribution is 9.10. The lowest BCUT2D eigenvalue weighted by Crippen LogP contribution is -2.44. The minimum Gasteiger partial charge on any atom is -0.497 e. The summed E-state index contributed by atoms with van der Waals surface area (Å²) < 4.78 is 5.86. The van der Waals surface area contributed by atoms with Crippen molar-refractivity contribution in [1.82, 2.24) is 5.32 Å². The molecule has 0 saturated heterocycles. The van der Waals surface area contributed by atoms with Crippen LogP contribution in [0.1, 0.15) is 16.8 Å². The summed E-state index contributed by atoms with van der Waals surface area (Å²) in [4.78, 5) is 25.2. The number of thioether (sulfide) groups is 1. The third-order valence-corrected chi connectivity index (χ3v) is 5.02. The molecule has 0 saturated carbocycles. The monoisotopic (exact) mass is 436 g/mol. The van der Waals surface area contributed by atoms with E-state index in [0.29, 0.717) is 27.9 Å². The van der Waals surface area contributed by atoms with E-state index in [-0.39, 0.29) is 11.8 Å². The first-order chi connectivity index (χ1) is 12.5. The van der Waals surface area contributed by atoms with Crippen molar-refractivity contribution < 1.29 is 14.3 Å². The number of halogens is 1. The molecule has 1 atom stereocenters. The lowest BCUT2D eigenvalue weighted by molar-refractivity contribution is -0.118. The van der Waals surface area contributed by atoms with E-state index in [1.807, 2.05) is 12.3 Å². The van der Waals surface area contributed by atoms with Crippen molar-refractivity contribution >= 4 is 45.2 Å². The maximum Gasteiger partial charge on any atom is 0.253 e. The van der Waals surface area contributed by atoms with Gasteiger partial charge in [-0.1, -0.05) is 18.2 Å². The van der Waals surface area contributed by atoms with Gasteiger partial charge in [0.1, 0.15) is 11.8 Å². The van der Waals surface area contributed by atoms with Gasteiger partial charge >= 0.3 is 0 Å². The van der Waals surface area contributed by atoms with Gasteiger partial charge in [-0.2, -0.15) is 11.8 Å². The van der Waals surface area contributed by atoms with Crippen molar-refractivity contribution in [3.8, 4) is 5.75 Å². The number of amides is 2. The Kier molecular flexibility index (Phi) is 8.00. The quantitative estimate of drug-likeness (QED) is 0.657. The van der Waals surface area contributed by atoms with Crippen molar-refractivity contribution in [2.24, 2.45) is 0 Å². The molecule has 7 heteroatoms. The molecule has 0 aromatic heterocycles. The van der Waals surface area contributed by atoms with Crippen molar-refractivity contribution in [2.75, 3.05) is 24.4 Å². The summed E-state index contributed by atoms with van der Waals surface area (Å²) in [5.41, 5.74) is 1.12. The zero-order valence-electron chi connectivity index (χ0n) is 14.6. The van der Waals surface area contributed by atoms with E-state index in [1.54, 1.807) is 61.3 Å². The number of anilines is 1. The van der Waals surface area contributed by atoms with Crippen LogP contribution >= 0.6 is 27.7 Å². The van der Waals surface area contributed by atoms with E-state index in [2.05, 4.69) is 26.6 Å². The van der Waals surface area contributed by atoms with Crippen LogP contribution in [0.5, 0.6) is 5.75 Å². The van der Waals surface area contributed by atoms with Gasteiger partial charge in [-0.3, -0.25) is 9.59 Å². The molecule has 2 aromatic carbocycles. The zero-order valence-corrected chi connectivity index (χ0v) is 17.0. The average Bonchev–Trinajstić information content (AvgIpc) is 2.65. The van der Waals surface area contributed by atoms with Crippen LogP contribution in [-0.2, 0) is 4.79 Å². The molecule has 0 aliphatic rings. The number of rotatable bonds is 8. The van der Waals surface area contributed by atoms with E-state index in [0.717, 1.165) is 5.75 Å². The van der Waals surface area contributed by atoms with Crippen LogP contribution in [0.3, 0.4) is 0 Å². The summed E-state index contributed by atoms with van der Waals surface area (Å²) in [6.45, 7) is 0. The van der Waals surface area contributed by atoms with Crippen molar-refractivity contribution in [1.29, 1.82) is 0 Å². The van der Waals surface area contributed by atoms with Crippen LogP contribution in [0.25, 0.3) is 0 Å². The molecule has 0 spiro atoms. The Morgan fingerprint density at radius 2 is 1.96 bits per heavy atom. The Hall–Kier alpha value is -1.99. The summed E-state index contributed by atoms with van der Waals surface area (Å²) in [7, 11) is 1.57. The van der Waals surface area contributed by atoms with Gasteiger partial charge in [0, 0.05) is 16.2 Å². The van der Waals surface area contributed by atoms with Gasteiger partial charge in [0.15, 0.2) is 0 Å². The third kappa shape index (κ3) is 5.78. The van der Waals surface area contributed by atoms with E-state index < -0.39 is 6.04 Å². The first kappa shape index (κ1) is 20.3. The normalized spacial score (nSPS) is 11.5. The molecule has 5 nitrogen and oxygen atoms in total. The second-order valence-electron chi connectivity index (χ2n) is 5.51. The van der Waals surface area contributed by atoms with Crippen LogP contribution < -0.4 is 15.4 Å². The van der Waals surface area contributed by atoms with E-state index in [1.165, 1.54) is 0 Å². The number of hydrogen-bond donors (Lipinski definition) is 2. The molecular weight excluding hydrogens is 416 g/mol. The first-order valence-corrected chi connectivity index (χ1v) is 10.2. The van der Waals surface area contributed by atoms with Crippen molar-refractivity contribution in [2.45, 2.75) is 12.5 Å². The minimum atomic E-state index is -0.631. The Balaban J connectivity index is 2.11. The van der Waals surface area contributed by atoms with Gasteiger partial charge in [0.05, 0.1) is 12.7 Å². The Bertz CT molecular complexity index is 770. The van der Waals surface area contributed by atoms with Gasteiger partial charge in [-0.05, 0) is 58.6 Å². The molecule has 0 radical (unpaired) electrons. The Morgan fingerprint density at radius 1 is 1.19 bits per heavy atom. The third-order valence-electron chi connectivity index (χ3n) is 3.69.